The van der Waals surface area contributed by atoms with Gasteiger partial charge in [0.05, 0.1) is 4.88 Å². The number of carbonyl (C=O) groups excluding carboxylic acids is 1. The summed E-state index contributed by atoms with van der Waals surface area (Å²) >= 11 is 7.42. The molecule has 4 rings (SSSR count). The van der Waals surface area contributed by atoms with Gasteiger partial charge in [0.1, 0.15) is 11.5 Å². The smallest absolute Gasteiger partial charge is 0.256 e. The number of aryl methyl sites for hydroxylation is 1. The maximum atomic E-state index is 12.7. The van der Waals surface area contributed by atoms with Gasteiger partial charge in [-0.3, -0.25) is 14.6 Å². The molecular formula is C20H16ClN5O2S. The van der Waals surface area contributed by atoms with Crippen molar-refractivity contribution < 1.29 is 4.79 Å². The zero-order chi connectivity index (χ0) is 20.4. The standard InChI is InChI=1S/C20H16ClN5O2S/c1-2-14-10-18(27)24-20(22-14)26-17(11-15(25-26)16-4-3-9-29-16)23-19(28)12-5-7-13(21)8-6-12/h3-11H,2H2,1H3,(H,23,28)(H,22,24,27). The number of nitrogens with one attached hydrogen (secondary N) is 2. The Morgan fingerprint density at radius 3 is 2.72 bits per heavy atom. The monoisotopic (exact) mass is 425 g/mol. The van der Waals surface area contributed by atoms with E-state index in [0.717, 1.165) is 4.88 Å². The second kappa shape index (κ2) is 8.02. The molecule has 0 saturated carbocycles. The van der Waals surface area contributed by atoms with E-state index in [1.54, 1.807) is 30.3 Å². The Kier molecular flexibility index (Phi) is 5.28. The van der Waals surface area contributed by atoms with Crippen molar-refractivity contribution in [2.75, 3.05) is 5.32 Å². The van der Waals surface area contributed by atoms with Gasteiger partial charge in [-0.25, -0.2) is 4.98 Å². The molecule has 0 spiro atoms. The van der Waals surface area contributed by atoms with Gasteiger partial charge >= 0.3 is 0 Å². The fraction of sp³-hybridized carbons (Fsp3) is 0.100. The van der Waals surface area contributed by atoms with Crippen LogP contribution in [-0.4, -0.2) is 25.7 Å². The topological polar surface area (TPSA) is 92.7 Å². The first kappa shape index (κ1) is 19.1. The molecule has 0 radical (unpaired) electrons. The Labute approximate surface area is 175 Å². The average Bonchev–Trinajstić information content (AvgIpc) is 3.38. The van der Waals surface area contributed by atoms with Crippen LogP contribution in [0.2, 0.25) is 5.02 Å². The third kappa shape index (κ3) is 4.13. The molecule has 3 aromatic heterocycles. The molecule has 0 aliphatic rings. The van der Waals surface area contributed by atoms with E-state index in [1.165, 1.54) is 22.1 Å². The summed E-state index contributed by atoms with van der Waals surface area (Å²) in [5.74, 6) is 0.308. The summed E-state index contributed by atoms with van der Waals surface area (Å²) in [6.45, 7) is 1.91. The van der Waals surface area contributed by atoms with Gasteiger partial charge in [-0.15, -0.1) is 11.3 Å². The van der Waals surface area contributed by atoms with Crippen molar-refractivity contribution in [2.45, 2.75) is 13.3 Å². The maximum absolute atomic E-state index is 12.7. The molecular weight excluding hydrogens is 410 g/mol. The number of aromatic amines is 1. The summed E-state index contributed by atoms with van der Waals surface area (Å²) < 4.78 is 1.43. The molecule has 0 saturated heterocycles. The highest BCUT2D eigenvalue weighted by molar-refractivity contribution is 7.13. The van der Waals surface area contributed by atoms with Crippen LogP contribution < -0.4 is 10.9 Å². The molecule has 0 atom stereocenters. The van der Waals surface area contributed by atoms with E-state index >= 15 is 0 Å². The van der Waals surface area contributed by atoms with E-state index in [0.29, 0.717) is 34.2 Å². The summed E-state index contributed by atoms with van der Waals surface area (Å²) in [4.78, 5) is 32.8. The molecule has 4 aromatic rings. The van der Waals surface area contributed by atoms with Gasteiger partial charge in [-0.05, 0) is 42.1 Å². The molecule has 2 N–H and O–H groups in total. The van der Waals surface area contributed by atoms with Gasteiger partial charge in [0.2, 0.25) is 5.95 Å². The number of hydrogen-bond acceptors (Lipinski definition) is 5. The number of thiophene rings is 1. The number of aromatic nitrogens is 4. The highest BCUT2D eigenvalue weighted by Crippen LogP contribution is 2.27. The van der Waals surface area contributed by atoms with Gasteiger partial charge in [0.25, 0.3) is 11.5 Å². The lowest BCUT2D eigenvalue weighted by molar-refractivity contribution is 0.102. The molecule has 0 bridgehead atoms. The van der Waals surface area contributed by atoms with E-state index in [4.69, 9.17) is 11.6 Å². The third-order valence-corrected chi connectivity index (χ3v) is 5.32. The molecule has 9 heteroatoms. The van der Waals surface area contributed by atoms with Crippen molar-refractivity contribution in [3.05, 3.63) is 80.5 Å². The molecule has 146 valence electrons. The van der Waals surface area contributed by atoms with Crippen molar-refractivity contribution in [1.29, 1.82) is 0 Å². The SMILES string of the molecule is CCc1cc(=O)[nH]c(-n2nc(-c3cccs3)cc2NC(=O)c2ccc(Cl)cc2)n1. The second-order valence-corrected chi connectivity index (χ2v) is 7.56. The normalized spacial score (nSPS) is 10.8. The first-order valence-electron chi connectivity index (χ1n) is 8.85. The fourth-order valence-corrected chi connectivity index (χ4v) is 3.55. The van der Waals surface area contributed by atoms with Crippen molar-refractivity contribution in [3.63, 3.8) is 0 Å². The van der Waals surface area contributed by atoms with Crippen LogP contribution in [0.3, 0.4) is 0 Å². The van der Waals surface area contributed by atoms with Crippen LogP contribution >= 0.6 is 22.9 Å². The molecule has 1 aromatic carbocycles. The second-order valence-electron chi connectivity index (χ2n) is 6.18. The Hall–Kier alpha value is -3.23. The van der Waals surface area contributed by atoms with Crippen LogP contribution in [0.5, 0.6) is 0 Å². The van der Waals surface area contributed by atoms with E-state index in [9.17, 15) is 9.59 Å². The van der Waals surface area contributed by atoms with Crippen molar-refractivity contribution >= 4 is 34.7 Å². The summed E-state index contributed by atoms with van der Waals surface area (Å²) in [6.07, 6.45) is 0.600. The van der Waals surface area contributed by atoms with Gasteiger partial charge in [0, 0.05) is 28.4 Å². The Balaban J connectivity index is 1.77. The molecule has 7 nitrogen and oxygen atoms in total. The number of hydrogen-bond donors (Lipinski definition) is 2. The summed E-state index contributed by atoms with van der Waals surface area (Å²) in [5, 5.41) is 9.89. The minimum absolute atomic E-state index is 0.239. The van der Waals surface area contributed by atoms with Crippen LogP contribution in [0, 0.1) is 0 Å². The number of rotatable bonds is 5. The lowest BCUT2D eigenvalue weighted by atomic mass is 10.2. The summed E-state index contributed by atoms with van der Waals surface area (Å²) in [5.41, 5.74) is 1.46. The van der Waals surface area contributed by atoms with Gasteiger partial charge in [-0.1, -0.05) is 24.6 Å². The third-order valence-electron chi connectivity index (χ3n) is 4.18. The van der Waals surface area contributed by atoms with Crippen LogP contribution in [0.25, 0.3) is 16.5 Å². The Morgan fingerprint density at radius 1 is 1.24 bits per heavy atom. The number of halogens is 1. The van der Waals surface area contributed by atoms with Crippen LogP contribution in [-0.2, 0) is 6.42 Å². The number of carbonyl (C=O) groups is 1. The molecule has 3 heterocycles. The largest absolute Gasteiger partial charge is 0.306 e. The minimum atomic E-state index is -0.325. The number of anilines is 1. The van der Waals surface area contributed by atoms with Crippen LogP contribution in [0.15, 0.2) is 58.7 Å². The Morgan fingerprint density at radius 2 is 2.03 bits per heavy atom. The van der Waals surface area contributed by atoms with E-state index < -0.39 is 0 Å². The maximum Gasteiger partial charge on any atom is 0.256 e. The minimum Gasteiger partial charge on any atom is -0.306 e. The number of amides is 1. The lowest BCUT2D eigenvalue weighted by Gasteiger charge is -2.09. The Bertz CT molecular complexity index is 1210. The molecule has 29 heavy (non-hydrogen) atoms. The molecule has 0 unspecified atom stereocenters. The van der Waals surface area contributed by atoms with Gasteiger partial charge < -0.3 is 5.32 Å². The highest BCUT2D eigenvalue weighted by Gasteiger charge is 2.17. The van der Waals surface area contributed by atoms with E-state index in [1.807, 2.05) is 24.4 Å². The van der Waals surface area contributed by atoms with E-state index in [2.05, 4.69) is 20.4 Å². The molecule has 0 fully saturated rings. The van der Waals surface area contributed by atoms with Gasteiger partial charge in [0.15, 0.2) is 0 Å². The molecule has 1 amide bonds. The molecule has 0 aliphatic heterocycles. The average molecular weight is 426 g/mol. The summed E-state index contributed by atoms with van der Waals surface area (Å²) in [7, 11) is 0. The van der Waals surface area contributed by atoms with Crippen molar-refractivity contribution in [2.24, 2.45) is 0 Å². The predicted octanol–water partition coefficient (Wildman–Crippen LogP) is 4.15. The number of nitrogens with zero attached hydrogens (tertiary/aromatic N) is 3. The van der Waals surface area contributed by atoms with E-state index in [-0.39, 0.29) is 17.4 Å². The van der Waals surface area contributed by atoms with Gasteiger partial charge in [-0.2, -0.15) is 9.78 Å². The summed E-state index contributed by atoms with van der Waals surface area (Å²) in [6, 6.07) is 13.6. The molecule has 0 aliphatic carbocycles. The number of benzene rings is 1. The first-order chi connectivity index (χ1) is 14.0. The number of H-pyrrole nitrogens is 1. The lowest BCUT2D eigenvalue weighted by Crippen LogP contribution is -2.19. The van der Waals surface area contributed by atoms with Crippen LogP contribution in [0.1, 0.15) is 23.0 Å². The first-order valence-corrected chi connectivity index (χ1v) is 10.1. The van der Waals surface area contributed by atoms with Crippen LogP contribution in [0.4, 0.5) is 5.82 Å². The van der Waals surface area contributed by atoms with Crippen molar-refractivity contribution in [3.8, 4) is 16.5 Å². The fourth-order valence-electron chi connectivity index (χ4n) is 2.74. The predicted molar refractivity (Wildman–Crippen MR) is 114 cm³/mol. The zero-order valence-electron chi connectivity index (χ0n) is 15.3. The highest BCUT2D eigenvalue weighted by atomic mass is 35.5. The van der Waals surface area contributed by atoms with Crippen molar-refractivity contribution in [1.82, 2.24) is 19.7 Å². The quantitative estimate of drug-likeness (QED) is 0.502. The zero-order valence-corrected chi connectivity index (χ0v) is 16.9.